The Hall–Kier alpha value is -1.52. The third-order valence-electron chi connectivity index (χ3n) is 3.00. The van der Waals surface area contributed by atoms with Crippen molar-refractivity contribution in [2.45, 2.75) is 15.8 Å². The van der Waals surface area contributed by atoms with Crippen LogP contribution in [0.1, 0.15) is 0 Å². The number of rotatable bonds is 5. The van der Waals surface area contributed by atoms with E-state index in [1.165, 1.54) is 39.8 Å². The van der Waals surface area contributed by atoms with E-state index in [0.717, 1.165) is 4.34 Å². The van der Waals surface area contributed by atoms with Gasteiger partial charge in [0.25, 0.3) is 5.91 Å². The molecule has 2 atom stereocenters. The third-order valence-corrected chi connectivity index (χ3v) is 6.43. The highest BCUT2D eigenvalue weighted by Crippen LogP contribution is 2.45. The van der Waals surface area contributed by atoms with Crippen LogP contribution in [0, 0.1) is 0 Å². The fourth-order valence-electron chi connectivity index (χ4n) is 2.13. The molecule has 3 heterocycles. The van der Waals surface area contributed by atoms with Crippen LogP contribution in [-0.4, -0.2) is 50.4 Å². The largest absolute Gasteiger partial charge is 0.477 e. The van der Waals surface area contributed by atoms with Gasteiger partial charge in [-0.25, -0.2) is 9.78 Å². The van der Waals surface area contributed by atoms with Crippen molar-refractivity contribution in [1.82, 2.24) is 15.2 Å². The van der Waals surface area contributed by atoms with Crippen LogP contribution in [0.2, 0.25) is 0 Å². The minimum absolute atomic E-state index is 0.00658. The van der Waals surface area contributed by atoms with Crippen molar-refractivity contribution in [3.05, 3.63) is 22.2 Å². The number of nitrogens with zero attached hydrogens (tertiary/aromatic N) is 2. The summed E-state index contributed by atoms with van der Waals surface area (Å²) in [7, 11) is 0. The Morgan fingerprint density at radius 1 is 1.62 bits per heavy atom. The van der Waals surface area contributed by atoms with E-state index < -0.39 is 17.9 Å². The van der Waals surface area contributed by atoms with Crippen molar-refractivity contribution in [1.29, 1.82) is 0 Å². The van der Waals surface area contributed by atoms with Crippen LogP contribution < -0.4 is 5.32 Å². The van der Waals surface area contributed by atoms with E-state index in [1.54, 1.807) is 11.6 Å². The monoisotopic (exact) mass is 343 g/mol. The van der Waals surface area contributed by atoms with Gasteiger partial charge < -0.3 is 10.4 Å². The number of carbonyl (C=O) groups is 3. The minimum atomic E-state index is -1.14. The average Bonchev–Trinajstić information content (AvgIpc) is 2.97. The first-order valence-electron chi connectivity index (χ1n) is 5.81. The molecule has 7 nitrogen and oxygen atoms in total. The summed E-state index contributed by atoms with van der Waals surface area (Å²) >= 11 is 4.11. The molecule has 3 rings (SSSR count). The van der Waals surface area contributed by atoms with Crippen LogP contribution in [0.15, 0.2) is 26.5 Å². The maximum Gasteiger partial charge on any atom is 0.353 e. The Kier molecular flexibility index (Phi) is 3.91. The number of aromatic nitrogens is 1. The fourth-order valence-corrected chi connectivity index (χ4v) is 5.40. The maximum atomic E-state index is 12.0. The van der Waals surface area contributed by atoms with Crippen molar-refractivity contribution < 1.29 is 19.5 Å². The van der Waals surface area contributed by atoms with E-state index in [9.17, 15) is 19.5 Å². The van der Waals surface area contributed by atoms with Gasteiger partial charge in [-0.1, -0.05) is 11.8 Å². The lowest BCUT2D eigenvalue weighted by Gasteiger charge is -2.48. The molecule has 2 N–H and O–H groups in total. The Labute approximate surface area is 131 Å². The van der Waals surface area contributed by atoms with Gasteiger partial charge in [0.2, 0.25) is 6.41 Å². The molecule has 110 valence electrons. The number of carboxylic acids is 1. The number of hydrogen-bond acceptors (Lipinski definition) is 7. The third kappa shape index (κ3) is 2.43. The van der Waals surface area contributed by atoms with Gasteiger partial charge in [0.1, 0.15) is 17.1 Å². The zero-order valence-electron chi connectivity index (χ0n) is 10.4. The molecule has 1 aromatic rings. The van der Waals surface area contributed by atoms with E-state index in [2.05, 4.69) is 10.3 Å². The fraction of sp³-hybridized carbons (Fsp3) is 0.273. The Morgan fingerprint density at radius 3 is 3.05 bits per heavy atom. The van der Waals surface area contributed by atoms with Gasteiger partial charge in [-0.15, -0.1) is 23.1 Å². The number of nitrogens with one attached hydrogen (secondary N) is 1. The molecule has 0 aliphatic carbocycles. The predicted molar refractivity (Wildman–Crippen MR) is 78.7 cm³/mol. The molecule has 0 radical (unpaired) electrons. The van der Waals surface area contributed by atoms with Gasteiger partial charge in [-0.05, 0) is 0 Å². The second-order valence-corrected chi connectivity index (χ2v) is 7.49. The zero-order chi connectivity index (χ0) is 15.0. The average molecular weight is 343 g/mol. The van der Waals surface area contributed by atoms with E-state index in [1.807, 2.05) is 0 Å². The molecule has 0 saturated carbocycles. The van der Waals surface area contributed by atoms with Gasteiger partial charge in [0, 0.05) is 22.2 Å². The first-order chi connectivity index (χ1) is 10.1. The standard InChI is InChI=1S/C11H9N3O4S3/c15-4-13-6-8(16)14-7(10(17)18)5(3-20-9(6)14)21-11-12-1-2-19-11/h1-2,4,6,9H,3H2,(H,13,15)(H,17,18)/t6-,9+/m1/s1. The van der Waals surface area contributed by atoms with E-state index in [0.29, 0.717) is 17.1 Å². The number of fused-ring (bicyclic) bond motifs is 1. The second-order valence-electron chi connectivity index (χ2n) is 4.15. The Balaban J connectivity index is 1.90. The van der Waals surface area contributed by atoms with Gasteiger partial charge in [-0.3, -0.25) is 14.5 Å². The number of thioether (sulfide) groups is 2. The lowest BCUT2D eigenvalue weighted by atomic mass is 10.1. The highest BCUT2D eigenvalue weighted by molar-refractivity contribution is 8.07. The van der Waals surface area contributed by atoms with Crippen molar-refractivity contribution in [2.24, 2.45) is 0 Å². The zero-order valence-corrected chi connectivity index (χ0v) is 12.8. The first-order valence-corrected chi connectivity index (χ1v) is 8.56. The summed E-state index contributed by atoms with van der Waals surface area (Å²) in [5, 5.41) is 13.3. The Morgan fingerprint density at radius 2 is 2.43 bits per heavy atom. The SMILES string of the molecule is O=CN[C@@H]1C(=O)N2C(C(=O)O)=C(Sc3nccs3)CS[C@@H]12. The number of hydrogen-bond donors (Lipinski definition) is 2. The van der Waals surface area contributed by atoms with E-state index >= 15 is 0 Å². The highest BCUT2D eigenvalue weighted by Gasteiger charge is 2.53. The molecular formula is C11H9N3O4S3. The van der Waals surface area contributed by atoms with E-state index in [-0.39, 0.29) is 11.1 Å². The molecule has 0 bridgehead atoms. The summed E-state index contributed by atoms with van der Waals surface area (Å²) in [6.45, 7) is 0. The number of amides is 2. The quantitative estimate of drug-likeness (QED) is 0.595. The molecule has 1 aromatic heterocycles. The van der Waals surface area contributed by atoms with Crippen molar-refractivity contribution in [2.75, 3.05) is 5.75 Å². The molecule has 2 aliphatic rings. The van der Waals surface area contributed by atoms with Crippen LogP contribution in [0.3, 0.4) is 0 Å². The van der Waals surface area contributed by atoms with Crippen LogP contribution in [0.5, 0.6) is 0 Å². The molecule has 1 saturated heterocycles. The summed E-state index contributed by atoms with van der Waals surface area (Å²) < 4.78 is 0.735. The molecule has 0 spiro atoms. The number of carboxylic acid groups (broad SMARTS) is 1. The van der Waals surface area contributed by atoms with Crippen molar-refractivity contribution >= 4 is 53.1 Å². The molecule has 1 fully saturated rings. The van der Waals surface area contributed by atoms with Crippen LogP contribution in [-0.2, 0) is 14.4 Å². The highest BCUT2D eigenvalue weighted by atomic mass is 32.2. The van der Waals surface area contributed by atoms with Crippen molar-refractivity contribution in [3.8, 4) is 0 Å². The molecule has 0 unspecified atom stereocenters. The van der Waals surface area contributed by atoms with Crippen LogP contribution >= 0.6 is 34.9 Å². The molecule has 0 aromatic carbocycles. The molecule has 10 heteroatoms. The van der Waals surface area contributed by atoms with Gasteiger partial charge >= 0.3 is 5.97 Å². The summed E-state index contributed by atoms with van der Waals surface area (Å²) in [6.07, 6.45) is 2.11. The summed E-state index contributed by atoms with van der Waals surface area (Å²) in [4.78, 5) is 40.0. The molecule has 2 aliphatic heterocycles. The minimum Gasteiger partial charge on any atom is -0.477 e. The van der Waals surface area contributed by atoms with Crippen LogP contribution in [0.4, 0.5) is 0 Å². The van der Waals surface area contributed by atoms with E-state index in [4.69, 9.17) is 0 Å². The number of β-lactam (4-membered cyclic amide) rings is 1. The molecule has 21 heavy (non-hydrogen) atoms. The smallest absolute Gasteiger partial charge is 0.353 e. The summed E-state index contributed by atoms with van der Waals surface area (Å²) in [5.74, 6) is -1.07. The first kappa shape index (κ1) is 14.4. The topological polar surface area (TPSA) is 99.6 Å². The number of aliphatic carboxylic acids is 1. The maximum absolute atomic E-state index is 12.0. The predicted octanol–water partition coefficient (Wildman–Crippen LogP) is 0.561. The lowest BCUT2D eigenvalue weighted by molar-refractivity contribution is -0.149. The van der Waals surface area contributed by atoms with Crippen molar-refractivity contribution in [3.63, 3.8) is 0 Å². The molecule has 2 amide bonds. The normalized spacial score (nSPS) is 24.4. The number of carbonyl (C=O) groups excluding carboxylic acids is 2. The van der Waals surface area contributed by atoms with Gasteiger partial charge in [-0.2, -0.15) is 0 Å². The van der Waals surface area contributed by atoms with Gasteiger partial charge in [0.05, 0.1) is 0 Å². The Bertz CT molecular complexity index is 631. The van der Waals surface area contributed by atoms with Crippen LogP contribution in [0.25, 0.3) is 0 Å². The molecular weight excluding hydrogens is 334 g/mol. The lowest BCUT2D eigenvalue weighted by Crippen LogP contribution is -2.69. The summed E-state index contributed by atoms with van der Waals surface area (Å²) in [6, 6.07) is -0.645. The second kappa shape index (κ2) is 5.70. The van der Waals surface area contributed by atoms with Gasteiger partial charge in [0.15, 0.2) is 4.34 Å². The summed E-state index contributed by atoms with van der Waals surface area (Å²) in [5.41, 5.74) is -0.00658. The number of thiazole rings is 1.